The van der Waals surface area contributed by atoms with Gasteiger partial charge >= 0.3 is 5.97 Å². The molecule has 0 radical (unpaired) electrons. The third-order valence-electron chi connectivity index (χ3n) is 1.47. The van der Waals surface area contributed by atoms with Crippen LogP contribution in [0.5, 0.6) is 0 Å². The van der Waals surface area contributed by atoms with E-state index in [0.29, 0.717) is 10.1 Å². The van der Waals surface area contributed by atoms with Gasteiger partial charge in [0.2, 0.25) is 0 Å². The summed E-state index contributed by atoms with van der Waals surface area (Å²) < 4.78 is 13.9. The number of carbonyl (C=O) groups is 1. The van der Waals surface area contributed by atoms with Crippen molar-refractivity contribution in [2.75, 3.05) is 0 Å². The van der Waals surface area contributed by atoms with E-state index in [1.807, 2.05) is 0 Å². The van der Waals surface area contributed by atoms with Crippen molar-refractivity contribution in [3.63, 3.8) is 0 Å². The molecule has 12 heavy (non-hydrogen) atoms. The molecule has 0 aliphatic rings. The standard InChI is InChI=1S/C7H3FO2S2/c8-5-3-1-11-2-4(3)12-6(5)7(9)10/h1-2H,(H,9,10). The minimum atomic E-state index is -1.20. The van der Waals surface area contributed by atoms with Crippen LogP contribution < -0.4 is 0 Å². The Morgan fingerprint density at radius 1 is 1.50 bits per heavy atom. The lowest BCUT2D eigenvalue weighted by Crippen LogP contribution is -1.94. The zero-order valence-electron chi connectivity index (χ0n) is 5.70. The number of carboxylic acids is 1. The van der Waals surface area contributed by atoms with Crippen molar-refractivity contribution >= 4 is 38.7 Å². The maximum Gasteiger partial charge on any atom is 0.348 e. The number of carboxylic acid groups (broad SMARTS) is 1. The Hall–Kier alpha value is -0.940. The highest BCUT2D eigenvalue weighted by atomic mass is 32.1. The second-order valence-electron chi connectivity index (χ2n) is 2.20. The SMILES string of the molecule is O=C(O)c1sc2cscc2c1F. The van der Waals surface area contributed by atoms with Crippen LogP contribution in [0.4, 0.5) is 4.39 Å². The van der Waals surface area contributed by atoms with Crippen LogP contribution in [0.3, 0.4) is 0 Å². The summed E-state index contributed by atoms with van der Waals surface area (Å²) in [4.78, 5) is 10.3. The van der Waals surface area contributed by atoms with Crippen LogP contribution in [0.2, 0.25) is 0 Å². The molecule has 2 rings (SSSR count). The van der Waals surface area contributed by atoms with Crippen molar-refractivity contribution in [3.8, 4) is 0 Å². The molecule has 0 aromatic carbocycles. The zero-order valence-corrected chi connectivity index (χ0v) is 7.34. The number of fused-ring (bicyclic) bond motifs is 1. The molecule has 0 fully saturated rings. The first-order valence-electron chi connectivity index (χ1n) is 3.07. The smallest absolute Gasteiger partial charge is 0.348 e. The highest BCUT2D eigenvalue weighted by Crippen LogP contribution is 2.32. The second-order valence-corrected chi connectivity index (χ2v) is 4.00. The Balaban J connectivity index is 2.78. The van der Waals surface area contributed by atoms with Crippen molar-refractivity contribution in [2.24, 2.45) is 0 Å². The zero-order chi connectivity index (χ0) is 8.72. The van der Waals surface area contributed by atoms with E-state index in [1.54, 1.807) is 10.8 Å². The van der Waals surface area contributed by atoms with Gasteiger partial charge in [0.05, 0.1) is 0 Å². The number of hydrogen-bond donors (Lipinski definition) is 1. The molecule has 0 aliphatic carbocycles. The van der Waals surface area contributed by atoms with Crippen molar-refractivity contribution in [1.82, 2.24) is 0 Å². The molecule has 0 aliphatic heterocycles. The first-order valence-corrected chi connectivity index (χ1v) is 4.83. The van der Waals surface area contributed by atoms with E-state index in [9.17, 15) is 9.18 Å². The maximum absolute atomic E-state index is 13.1. The van der Waals surface area contributed by atoms with Crippen LogP contribution in [0.25, 0.3) is 10.1 Å². The number of thiophene rings is 2. The van der Waals surface area contributed by atoms with E-state index >= 15 is 0 Å². The van der Waals surface area contributed by atoms with Crippen LogP contribution in [-0.4, -0.2) is 11.1 Å². The maximum atomic E-state index is 13.1. The minimum Gasteiger partial charge on any atom is -0.477 e. The summed E-state index contributed by atoms with van der Waals surface area (Å²) in [5.41, 5.74) is 0. The summed E-state index contributed by atoms with van der Waals surface area (Å²) >= 11 is 2.35. The summed E-state index contributed by atoms with van der Waals surface area (Å²) in [5.74, 6) is -1.80. The molecule has 0 spiro atoms. The minimum absolute atomic E-state index is 0.201. The van der Waals surface area contributed by atoms with E-state index < -0.39 is 11.8 Å². The highest BCUT2D eigenvalue weighted by Gasteiger charge is 2.17. The molecule has 0 bridgehead atoms. The van der Waals surface area contributed by atoms with E-state index in [1.165, 1.54) is 11.3 Å². The highest BCUT2D eigenvalue weighted by molar-refractivity contribution is 7.24. The van der Waals surface area contributed by atoms with E-state index in [0.717, 1.165) is 11.3 Å². The fourth-order valence-electron chi connectivity index (χ4n) is 0.939. The topological polar surface area (TPSA) is 37.3 Å². The predicted molar refractivity (Wildman–Crippen MR) is 46.6 cm³/mol. The van der Waals surface area contributed by atoms with Crippen LogP contribution in [0.1, 0.15) is 9.67 Å². The number of aromatic carboxylic acids is 1. The van der Waals surface area contributed by atoms with Crippen molar-refractivity contribution in [2.45, 2.75) is 0 Å². The molecule has 0 atom stereocenters. The monoisotopic (exact) mass is 202 g/mol. The lowest BCUT2D eigenvalue weighted by atomic mass is 10.3. The molecule has 0 amide bonds. The normalized spacial score (nSPS) is 10.8. The third kappa shape index (κ3) is 0.937. The fourth-order valence-corrected chi connectivity index (χ4v) is 2.82. The Bertz CT molecular complexity index is 443. The number of rotatable bonds is 1. The lowest BCUT2D eigenvalue weighted by Gasteiger charge is -1.84. The van der Waals surface area contributed by atoms with Crippen LogP contribution >= 0.6 is 22.7 Å². The van der Waals surface area contributed by atoms with Crippen LogP contribution in [-0.2, 0) is 0 Å². The average Bonchev–Trinajstić information content (AvgIpc) is 2.53. The van der Waals surface area contributed by atoms with Gasteiger partial charge in [-0.25, -0.2) is 9.18 Å². The molecule has 0 saturated carbocycles. The molecule has 5 heteroatoms. The molecule has 2 nitrogen and oxygen atoms in total. The number of hydrogen-bond acceptors (Lipinski definition) is 3. The third-order valence-corrected chi connectivity index (χ3v) is 3.48. The molecule has 0 saturated heterocycles. The second kappa shape index (κ2) is 2.53. The summed E-state index contributed by atoms with van der Waals surface area (Å²) in [7, 11) is 0. The summed E-state index contributed by atoms with van der Waals surface area (Å²) in [6.45, 7) is 0. The molecule has 2 aromatic heterocycles. The van der Waals surface area contributed by atoms with Gasteiger partial charge in [-0.05, 0) is 0 Å². The molecule has 62 valence electrons. The Kier molecular flexibility index (Phi) is 1.62. The average molecular weight is 202 g/mol. The van der Waals surface area contributed by atoms with Crippen molar-refractivity contribution < 1.29 is 14.3 Å². The summed E-state index contributed by atoms with van der Waals surface area (Å²) in [6, 6.07) is 0. The molecular weight excluding hydrogens is 199 g/mol. The molecule has 1 N–H and O–H groups in total. The van der Waals surface area contributed by atoms with Crippen LogP contribution in [0, 0.1) is 5.82 Å². The quantitative estimate of drug-likeness (QED) is 0.772. The summed E-state index contributed by atoms with van der Waals surface area (Å²) in [5, 5.41) is 12.3. The largest absolute Gasteiger partial charge is 0.477 e. The van der Waals surface area contributed by atoms with Gasteiger partial charge in [-0.3, -0.25) is 0 Å². The first kappa shape index (κ1) is 7.70. The lowest BCUT2D eigenvalue weighted by molar-refractivity contribution is 0.0698. The number of halogens is 1. The van der Waals surface area contributed by atoms with E-state index in [2.05, 4.69) is 0 Å². The Morgan fingerprint density at radius 3 is 2.83 bits per heavy atom. The van der Waals surface area contributed by atoms with Crippen LogP contribution in [0.15, 0.2) is 10.8 Å². The molecule has 0 unspecified atom stereocenters. The van der Waals surface area contributed by atoms with Crippen molar-refractivity contribution in [3.05, 3.63) is 21.5 Å². The van der Waals surface area contributed by atoms with Gasteiger partial charge in [-0.15, -0.1) is 11.3 Å². The Labute approximate surface area is 74.9 Å². The van der Waals surface area contributed by atoms with Gasteiger partial charge in [0, 0.05) is 20.8 Å². The predicted octanol–water partition coefficient (Wildman–Crippen LogP) is 2.80. The summed E-state index contributed by atoms with van der Waals surface area (Å²) in [6.07, 6.45) is 0. The molecule has 2 aromatic rings. The van der Waals surface area contributed by atoms with E-state index in [4.69, 9.17) is 5.11 Å². The van der Waals surface area contributed by atoms with Gasteiger partial charge < -0.3 is 5.11 Å². The van der Waals surface area contributed by atoms with Gasteiger partial charge in [0.15, 0.2) is 5.82 Å². The van der Waals surface area contributed by atoms with Gasteiger partial charge in [-0.1, -0.05) is 0 Å². The van der Waals surface area contributed by atoms with Gasteiger partial charge in [0.25, 0.3) is 0 Å². The first-order chi connectivity index (χ1) is 5.70. The molecule has 2 heterocycles. The fraction of sp³-hybridized carbons (Fsp3) is 0. The Morgan fingerprint density at radius 2 is 2.25 bits per heavy atom. The molecular formula is C7H3FO2S2. The van der Waals surface area contributed by atoms with E-state index in [-0.39, 0.29) is 4.88 Å². The van der Waals surface area contributed by atoms with Crippen molar-refractivity contribution in [1.29, 1.82) is 0 Å². The van der Waals surface area contributed by atoms with Gasteiger partial charge in [-0.2, -0.15) is 11.3 Å². The van der Waals surface area contributed by atoms with Gasteiger partial charge in [0.1, 0.15) is 4.88 Å².